The molecule has 13 heavy (non-hydrogen) atoms. The molecule has 0 saturated carbocycles. The van der Waals surface area contributed by atoms with Gasteiger partial charge in [-0.05, 0) is 6.42 Å². The lowest BCUT2D eigenvalue weighted by Gasteiger charge is -2.14. The Bertz CT molecular complexity index is 135. The quantitative estimate of drug-likeness (QED) is 0.398. The van der Waals surface area contributed by atoms with Crippen LogP contribution in [0.2, 0.25) is 0 Å². The molecule has 0 fully saturated rings. The topological polar surface area (TPSA) is 88.0 Å². The summed E-state index contributed by atoms with van der Waals surface area (Å²) in [6, 6.07) is -0.533. The van der Waals surface area contributed by atoms with E-state index < -0.39 is 6.04 Å². The molecule has 0 aromatic heterocycles. The summed E-state index contributed by atoms with van der Waals surface area (Å²) in [5.74, 6) is -0.165. The fourth-order valence-electron chi connectivity index (χ4n) is 0.838. The van der Waals surface area contributed by atoms with E-state index in [0.717, 1.165) is 6.42 Å². The Morgan fingerprint density at radius 2 is 1.92 bits per heavy atom. The van der Waals surface area contributed by atoms with Crippen LogP contribution in [0.15, 0.2) is 0 Å². The first-order chi connectivity index (χ1) is 6.24. The highest BCUT2D eigenvalue weighted by atomic mass is 17.1. The normalized spacial score (nSPS) is 10.5. The first-order valence-corrected chi connectivity index (χ1v) is 4.06. The molecule has 0 atom stereocenters. The predicted molar refractivity (Wildman–Crippen MR) is 44.0 cm³/mol. The third-order valence-electron chi connectivity index (χ3n) is 1.39. The van der Waals surface area contributed by atoms with Crippen LogP contribution in [0, 0.1) is 0 Å². The number of rotatable bonds is 7. The van der Waals surface area contributed by atoms with E-state index in [0.29, 0.717) is 6.42 Å². The van der Waals surface area contributed by atoms with Gasteiger partial charge in [-0.2, -0.15) is 0 Å². The Morgan fingerprint density at radius 1 is 1.38 bits per heavy atom. The van der Waals surface area contributed by atoms with E-state index in [-0.39, 0.29) is 19.1 Å². The SMILES string of the molecule is CCCC(=O)NC(COO)COO. The van der Waals surface area contributed by atoms with Gasteiger partial charge < -0.3 is 5.32 Å². The van der Waals surface area contributed by atoms with Crippen LogP contribution in [0.4, 0.5) is 0 Å². The zero-order chi connectivity index (χ0) is 10.1. The average molecular weight is 193 g/mol. The molecule has 3 N–H and O–H groups in total. The van der Waals surface area contributed by atoms with Crippen molar-refractivity contribution in [3.63, 3.8) is 0 Å². The van der Waals surface area contributed by atoms with Crippen LogP contribution in [0.1, 0.15) is 19.8 Å². The van der Waals surface area contributed by atoms with Gasteiger partial charge in [-0.1, -0.05) is 6.92 Å². The molecule has 0 unspecified atom stereocenters. The second kappa shape index (κ2) is 7.93. The van der Waals surface area contributed by atoms with E-state index in [2.05, 4.69) is 15.1 Å². The molecule has 0 heterocycles. The molecule has 0 saturated heterocycles. The highest BCUT2D eigenvalue weighted by Gasteiger charge is 2.12. The third kappa shape index (κ3) is 6.47. The smallest absolute Gasteiger partial charge is 0.220 e. The molecule has 1 amide bonds. The van der Waals surface area contributed by atoms with Crippen LogP contribution in [0.25, 0.3) is 0 Å². The summed E-state index contributed by atoms with van der Waals surface area (Å²) in [4.78, 5) is 18.7. The van der Waals surface area contributed by atoms with Crippen molar-refractivity contribution in [3.8, 4) is 0 Å². The maximum atomic E-state index is 11.0. The molecule has 0 aromatic rings. The van der Waals surface area contributed by atoms with Crippen molar-refractivity contribution in [3.05, 3.63) is 0 Å². The fourth-order valence-corrected chi connectivity index (χ4v) is 0.838. The van der Waals surface area contributed by atoms with Gasteiger partial charge in [0.05, 0.1) is 6.04 Å². The molecule has 0 radical (unpaired) electrons. The van der Waals surface area contributed by atoms with Gasteiger partial charge in [0, 0.05) is 6.42 Å². The number of carbonyl (C=O) groups excluding carboxylic acids is 1. The van der Waals surface area contributed by atoms with Gasteiger partial charge in [0.2, 0.25) is 5.91 Å². The first-order valence-electron chi connectivity index (χ1n) is 4.06. The molecule has 6 heteroatoms. The summed E-state index contributed by atoms with van der Waals surface area (Å²) < 4.78 is 0. The van der Waals surface area contributed by atoms with Gasteiger partial charge in [-0.15, -0.1) is 0 Å². The predicted octanol–water partition coefficient (Wildman–Crippen LogP) is 0.251. The molecule has 0 bridgehead atoms. The molecular weight excluding hydrogens is 178 g/mol. The van der Waals surface area contributed by atoms with Crippen molar-refractivity contribution in [1.29, 1.82) is 0 Å². The lowest BCUT2D eigenvalue weighted by atomic mass is 10.3. The molecule has 0 aliphatic heterocycles. The number of nitrogens with one attached hydrogen (secondary N) is 1. The van der Waals surface area contributed by atoms with E-state index in [1.807, 2.05) is 6.92 Å². The zero-order valence-electron chi connectivity index (χ0n) is 7.52. The minimum Gasteiger partial charge on any atom is -0.348 e. The van der Waals surface area contributed by atoms with E-state index in [4.69, 9.17) is 10.5 Å². The summed E-state index contributed by atoms with van der Waals surface area (Å²) >= 11 is 0. The van der Waals surface area contributed by atoms with Crippen molar-refractivity contribution in [1.82, 2.24) is 5.32 Å². The monoisotopic (exact) mass is 193 g/mol. The zero-order valence-corrected chi connectivity index (χ0v) is 7.52. The second-order valence-corrected chi connectivity index (χ2v) is 2.61. The lowest BCUT2D eigenvalue weighted by Crippen LogP contribution is -2.41. The van der Waals surface area contributed by atoms with Crippen molar-refractivity contribution in [2.45, 2.75) is 25.8 Å². The van der Waals surface area contributed by atoms with Gasteiger partial charge in [0.15, 0.2) is 0 Å². The number of hydrogen-bond donors (Lipinski definition) is 3. The van der Waals surface area contributed by atoms with Crippen LogP contribution in [-0.4, -0.2) is 35.7 Å². The molecule has 78 valence electrons. The van der Waals surface area contributed by atoms with Crippen molar-refractivity contribution < 1.29 is 25.1 Å². The summed E-state index contributed by atoms with van der Waals surface area (Å²) in [7, 11) is 0. The molecule has 0 spiro atoms. The minimum absolute atomic E-state index is 0.115. The molecule has 0 aliphatic rings. The van der Waals surface area contributed by atoms with Crippen LogP contribution in [-0.2, 0) is 14.6 Å². The van der Waals surface area contributed by atoms with Gasteiger partial charge in [-0.3, -0.25) is 15.3 Å². The maximum Gasteiger partial charge on any atom is 0.220 e. The van der Waals surface area contributed by atoms with Gasteiger partial charge >= 0.3 is 0 Å². The maximum absolute atomic E-state index is 11.0. The van der Waals surface area contributed by atoms with Crippen LogP contribution in [0.3, 0.4) is 0 Å². The second-order valence-electron chi connectivity index (χ2n) is 2.61. The summed E-state index contributed by atoms with van der Waals surface area (Å²) in [5, 5.41) is 18.7. The Morgan fingerprint density at radius 3 is 2.31 bits per heavy atom. The van der Waals surface area contributed by atoms with Gasteiger partial charge in [0.1, 0.15) is 13.2 Å². The first kappa shape index (κ1) is 12.3. The van der Waals surface area contributed by atoms with E-state index >= 15 is 0 Å². The largest absolute Gasteiger partial charge is 0.348 e. The van der Waals surface area contributed by atoms with Crippen LogP contribution >= 0.6 is 0 Å². The van der Waals surface area contributed by atoms with Crippen molar-refractivity contribution in [2.75, 3.05) is 13.2 Å². The van der Waals surface area contributed by atoms with Crippen LogP contribution < -0.4 is 5.32 Å². The minimum atomic E-state index is -0.533. The van der Waals surface area contributed by atoms with E-state index in [1.54, 1.807) is 0 Å². The van der Waals surface area contributed by atoms with Gasteiger partial charge in [0.25, 0.3) is 0 Å². The Balaban J connectivity index is 3.71. The third-order valence-corrected chi connectivity index (χ3v) is 1.39. The van der Waals surface area contributed by atoms with Crippen molar-refractivity contribution in [2.24, 2.45) is 0 Å². The Kier molecular flexibility index (Phi) is 7.51. The molecule has 0 aromatic carbocycles. The summed E-state index contributed by atoms with van der Waals surface area (Å²) in [5.41, 5.74) is 0. The number of carbonyl (C=O) groups is 1. The lowest BCUT2D eigenvalue weighted by molar-refractivity contribution is -0.273. The Labute approximate surface area is 76.3 Å². The highest BCUT2D eigenvalue weighted by Crippen LogP contribution is 1.91. The molecular formula is C7H15NO5. The molecule has 0 aliphatic carbocycles. The van der Waals surface area contributed by atoms with Crippen molar-refractivity contribution >= 4 is 5.91 Å². The van der Waals surface area contributed by atoms with E-state index in [9.17, 15) is 4.79 Å². The molecule has 6 nitrogen and oxygen atoms in total. The standard InChI is InChI=1S/C7H15NO5/c1-2-3-7(9)8-6(4-12-10)5-13-11/h6,10-11H,2-5H2,1H3,(H,8,9). The van der Waals surface area contributed by atoms with Crippen LogP contribution in [0.5, 0.6) is 0 Å². The highest BCUT2D eigenvalue weighted by molar-refractivity contribution is 5.76. The average Bonchev–Trinajstić information content (AvgIpc) is 2.05. The molecule has 0 rings (SSSR count). The Hall–Kier alpha value is -0.690. The van der Waals surface area contributed by atoms with Gasteiger partial charge in [-0.25, -0.2) is 9.78 Å². The van der Waals surface area contributed by atoms with E-state index in [1.165, 1.54) is 0 Å². The fraction of sp³-hybridized carbons (Fsp3) is 0.857. The summed E-state index contributed by atoms with van der Waals surface area (Å²) in [6.07, 6.45) is 1.13. The number of amides is 1. The summed E-state index contributed by atoms with van der Waals surface area (Å²) in [6.45, 7) is 1.64. The number of hydrogen-bond acceptors (Lipinski definition) is 5.